The van der Waals surface area contributed by atoms with Gasteiger partial charge in [-0.3, -0.25) is 9.69 Å². The van der Waals surface area contributed by atoms with Crippen molar-refractivity contribution < 1.29 is 9.53 Å². The number of carbonyl (C=O) groups excluding carboxylic acids is 1. The highest BCUT2D eigenvalue weighted by Crippen LogP contribution is 2.10. The first-order valence-electron chi connectivity index (χ1n) is 4.98. The Labute approximate surface area is 84.6 Å². The minimum Gasteiger partial charge on any atom is -0.380 e. The van der Waals surface area contributed by atoms with E-state index >= 15 is 0 Å². The second-order valence-electron chi connectivity index (χ2n) is 3.52. The maximum Gasteiger partial charge on any atom is 0.234 e. The fraction of sp³-hybridized carbons (Fsp3) is 0.889. The van der Waals surface area contributed by atoms with E-state index in [0.29, 0.717) is 19.6 Å². The smallest absolute Gasteiger partial charge is 0.234 e. The number of likely N-dealkylation sites (tertiary alicyclic amines) is 1. The van der Waals surface area contributed by atoms with Crippen LogP contribution in [0.15, 0.2) is 0 Å². The van der Waals surface area contributed by atoms with E-state index in [-0.39, 0.29) is 12.0 Å². The molecule has 82 valence electrons. The van der Waals surface area contributed by atoms with Gasteiger partial charge in [0.05, 0.1) is 12.6 Å². The maximum absolute atomic E-state index is 11.3. The van der Waals surface area contributed by atoms with Crippen molar-refractivity contribution in [1.82, 2.24) is 10.2 Å². The highest BCUT2D eigenvalue weighted by Gasteiger charge is 2.23. The van der Waals surface area contributed by atoms with E-state index < -0.39 is 0 Å². The number of nitrogens with one attached hydrogen (secondary N) is 1. The maximum atomic E-state index is 11.3. The summed E-state index contributed by atoms with van der Waals surface area (Å²) in [6.45, 7) is 3.30. The molecule has 0 radical (unpaired) electrons. The minimum absolute atomic E-state index is 0.0483. The van der Waals surface area contributed by atoms with E-state index in [1.54, 1.807) is 7.11 Å². The number of rotatable bonds is 5. The van der Waals surface area contributed by atoms with Crippen molar-refractivity contribution in [1.29, 1.82) is 0 Å². The number of methoxy groups -OCH3 is 1. The summed E-state index contributed by atoms with van der Waals surface area (Å²) in [5.41, 5.74) is 5.28. The SMILES string of the molecule is COC1CCN(CC(=O)NCCN)C1. The molecular weight excluding hydrogens is 182 g/mol. The van der Waals surface area contributed by atoms with Gasteiger partial charge in [0.15, 0.2) is 0 Å². The van der Waals surface area contributed by atoms with Crippen molar-refractivity contribution in [2.75, 3.05) is 39.8 Å². The van der Waals surface area contributed by atoms with Gasteiger partial charge >= 0.3 is 0 Å². The number of nitrogens with two attached hydrogens (primary N) is 1. The summed E-state index contributed by atoms with van der Waals surface area (Å²) in [5.74, 6) is 0.0483. The van der Waals surface area contributed by atoms with Gasteiger partial charge in [-0.2, -0.15) is 0 Å². The van der Waals surface area contributed by atoms with Crippen molar-refractivity contribution >= 4 is 5.91 Å². The summed E-state index contributed by atoms with van der Waals surface area (Å²) in [7, 11) is 1.71. The number of hydrogen-bond donors (Lipinski definition) is 2. The van der Waals surface area contributed by atoms with E-state index in [4.69, 9.17) is 10.5 Å². The molecule has 0 saturated carbocycles. The molecule has 14 heavy (non-hydrogen) atoms. The van der Waals surface area contributed by atoms with Gasteiger partial charge < -0.3 is 15.8 Å². The van der Waals surface area contributed by atoms with Gasteiger partial charge in [-0.15, -0.1) is 0 Å². The molecule has 0 bridgehead atoms. The summed E-state index contributed by atoms with van der Waals surface area (Å²) in [5, 5.41) is 2.75. The van der Waals surface area contributed by atoms with Crippen molar-refractivity contribution in [3.8, 4) is 0 Å². The number of nitrogens with zero attached hydrogens (tertiary/aromatic N) is 1. The summed E-state index contributed by atoms with van der Waals surface area (Å²) < 4.78 is 5.21. The predicted octanol–water partition coefficient (Wildman–Crippen LogP) is -1.22. The summed E-state index contributed by atoms with van der Waals surface area (Å²) in [6.07, 6.45) is 1.30. The van der Waals surface area contributed by atoms with Crippen LogP contribution in [0.1, 0.15) is 6.42 Å². The molecule has 1 amide bonds. The molecule has 1 fully saturated rings. The molecule has 5 nitrogen and oxygen atoms in total. The van der Waals surface area contributed by atoms with Gasteiger partial charge in [-0.25, -0.2) is 0 Å². The summed E-state index contributed by atoms with van der Waals surface area (Å²) >= 11 is 0. The zero-order valence-corrected chi connectivity index (χ0v) is 8.66. The Balaban J connectivity index is 2.15. The number of carbonyl (C=O) groups is 1. The molecule has 1 aliphatic heterocycles. The van der Waals surface area contributed by atoms with Crippen LogP contribution < -0.4 is 11.1 Å². The Kier molecular flexibility index (Phi) is 4.86. The second kappa shape index (κ2) is 5.95. The molecule has 1 atom stereocenters. The van der Waals surface area contributed by atoms with Crippen LogP contribution in [-0.2, 0) is 9.53 Å². The average Bonchev–Trinajstić information content (AvgIpc) is 2.62. The molecule has 5 heteroatoms. The largest absolute Gasteiger partial charge is 0.380 e. The molecule has 1 rings (SSSR count). The van der Waals surface area contributed by atoms with Gasteiger partial charge in [0.25, 0.3) is 0 Å². The third kappa shape index (κ3) is 3.61. The topological polar surface area (TPSA) is 67.6 Å². The number of amides is 1. The molecule has 1 saturated heterocycles. The normalized spacial score (nSPS) is 22.6. The summed E-state index contributed by atoms with van der Waals surface area (Å²) in [4.78, 5) is 13.4. The lowest BCUT2D eigenvalue weighted by Crippen LogP contribution is -2.38. The van der Waals surface area contributed by atoms with E-state index in [1.165, 1.54) is 0 Å². The van der Waals surface area contributed by atoms with Crippen LogP contribution in [-0.4, -0.2) is 56.7 Å². The van der Waals surface area contributed by atoms with Gasteiger partial charge in [0, 0.05) is 33.3 Å². The van der Waals surface area contributed by atoms with E-state index in [0.717, 1.165) is 19.5 Å². The van der Waals surface area contributed by atoms with Crippen LogP contribution in [0.5, 0.6) is 0 Å². The Morgan fingerprint density at radius 3 is 3.07 bits per heavy atom. The van der Waals surface area contributed by atoms with Crippen LogP contribution in [0.4, 0.5) is 0 Å². The van der Waals surface area contributed by atoms with Gasteiger partial charge in [0.1, 0.15) is 0 Å². The first-order valence-corrected chi connectivity index (χ1v) is 4.98. The lowest BCUT2D eigenvalue weighted by molar-refractivity contribution is -0.122. The lowest BCUT2D eigenvalue weighted by atomic mass is 10.3. The zero-order valence-electron chi connectivity index (χ0n) is 8.66. The third-order valence-electron chi connectivity index (χ3n) is 2.40. The summed E-state index contributed by atoms with van der Waals surface area (Å²) in [6, 6.07) is 0. The molecule has 1 unspecified atom stereocenters. The molecule has 0 aromatic rings. The van der Waals surface area contributed by atoms with Crippen molar-refractivity contribution in [2.24, 2.45) is 5.73 Å². The van der Waals surface area contributed by atoms with Gasteiger partial charge in [-0.1, -0.05) is 0 Å². The van der Waals surface area contributed by atoms with Crippen molar-refractivity contribution in [2.45, 2.75) is 12.5 Å². The highest BCUT2D eigenvalue weighted by atomic mass is 16.5. The van der Waals surface area contributed by atoms with Crippen LogP contribution in [0.2, 0.25) is 0 Å². The van der Waals surface area contributed by atoms with E-state index in [2.05, 4.69) is 10.2 Å². The first kappa shape index (κ1) is 11.4. The third-order valence-corrected chi connectivity index (χ3v) is 2.40. The Morgan fingerprint density at radius 1 is 1.71 bits per heavy atom. The number of ether oxygens (including phenoxy) is 1. The Bertz CT molecular complexity index is 187. The Hall–Kier alpha value is -0.650. The monoisotopic (exact) mass is 201 g/mol. The second-order valence-corrected chi connectivity index (χ2v) is 3.52. The quantitative estimate of drug-likeness (QED) is 0.585. The molecule has 0 aromatic heterocycles. The van der Waals surface area contributed by atoms with Crippen LogP contribution >= 0.6 is 0 Å². The molecule has 0 spiro atoms. The van der Waals surface area contributed by atoms with Crippen LogP contribution in [0.25, 0.3) is 0 Å². The molecule has 1 heterocycles. The molecule has 0 aliphatic carbocycles. The standard InChI is InChI=1S/C9H19N3O2/c1-14-8-2-5-12(6-8)7-9(13)11-4-3-10/h8H,2-7,10H2,1H3,(H,11,13). The zero-order chi connectivity index (χ0) is 10.4. The first-order chi connectivity index (χ1) is 6.76. The highest BCUT2D eigenvalue weighted by molar-refractivity contribution is 5.78. The average molecular weight is 201 g/mol. The predicted molar refractivity (Wildman–Crippen MR) is 53.9 cm³/mol. The van der Waals surface area contributed by atoms with E-state index in [1.807, 2.05) is 0 Å². The van der Waals surface area contributed by atoms with E-state index in [9.17, 15) is 4.79 Å². The number of hydrogen-bond acceptors (Lipinski definition) is 4. The fourth-order valence-electron chi connectivity index (χ4n) is 1.60. The van der Waals surface area contributed by atoms with Crippen molar-refractivity contribution in [3.63, 3.8) is 0 Å². The van der Waals surface area contributed by atoms with Gasteiger partial charge in [0.2, 0.25) is 5.91 Å². The molecule has 0 aromatic carbocycles. The van der Waals surface area contributed by atoms with Crippen LogP contribution in [0.3, 0.4) is 0 Å². The minimum atomic E-state index is 0.0483. The Morgan fingerprint density at radius 2 is 2.50 bits per heavy atom. The molecule has 1 aliphatic rings. The van der Waals surface area contributed by atoms with Crippen LogP contribution in [0, 0.1) is 0 Å². The lowest BCUT2D eigenvalue weighted by Gasteiger charge is -2.14. The van der Waals surface area contributed by atoms with Gasteiger partial charge in [-0.05, 0) is 6.42 Å². The molecule has 3 N–H and O–H groups in total. The fourth-order valence-corrected chi connectivity index (χ4v) is 1.60. The van der Waals surface area contributed by atoms with Crippen molar-refractivity contribution in [3.05, 3.63) is 0 Å². The molecular formula is C9H19N3O2.